The summed E-state index contributed by atoms with van der Waals surface area (Å²) in [5.41, 5.74) is 0.997. The Morgan fingerprint density at radius 2 is 1.94 bits per heavy atom. The number of hydrogen-bond acceptors (Lipinski definition) is 5. The molecule has 0 radical (unpaired) electrons. The number of amides is 1. The van der Waals surface area contributed by atoms with Crippen molar-refractivity contribution in [2.75, 3.05) is 12.0 Å². The van der Waals surface area contributed by atoms with Crippen LogP contribution in [0.3, 0.4) is 0 Å². The third-order valence-corrected chi connectivity index (χ3v) is 5.99. The number of benzene rings is 2. The lowest BCUT2D eigenvalue weighted by molar-refractivity contribution is -0.132. The van der Waals surface area contributed by atoms with Gasteiger partial charge in [-0.1, -0.05) is 51.3 Å². The standard InChI is InChI=1S/C23H15BrCl2N2O4/c1-32-22-16(9-14(25)10-17(22)26)20(29)18-19(12-4-3-7-27-11-12)28(23(31)21(18)30)15-6-2-5-13(24)8-15/h2-11,19,29H,1H3/b20-18+. The first-order chi connectivity index (χ1) is 15.3. The Morgan fingerprint density at radius 3 is 2.59 bits per heavy atom. The first-order valence-electron chi connectivity index (χ1n) is 9.33. The van der Waals surface area contributed by atoms with E-state index in [1.54, 1.807) is 42.6 Å². The number of aliphatic hydroxyl groups excluding tert-OH is 1. The molecule has 1 aromatic heterocycles. The molecule has 1 fully saturated rings. The fourth-order valence-corrected chi connectivity index (χ4v) is 4.62. The molecule has 1 N–H and O–H groups in total. The van der Waals surface area contributed by atoms with Gasteiger partial charge in [0.1, 0.15) is 11.5 Å². The fraction of sp³-hybridized carbons (Fsp3) is 0.0870. The largest absolute Gasteiger partial charge is 0.507 e. The van der Waals surface area contributed by atoms with E-state index in [-0.39, 0.29) is 26.9 Å². The zero-order valence-electron chi connectivity index (χ0n) is 16.6. The van der Waals surface area contributed by atoms with E-state index < -0.39 is 23.5 Å². The molecule has 4 rings (SSSR count). The molecule has 1 aliphatic rings. The highest BCUT2D eigenvalue weighted by Gasteiger charge is 2.47. The second kappa shape index (κ2) is 8.94. The summed E-state index contributed by atoms with van der Waals surface area (Å²) in [6, 6.07) is 12.3. The average Bonchev–Trinajstić information content (AvgIpc) is 3.04. The Balaban J connectivity index is 2.01. The van der Waals surface area contributed by atoms with Crippen LogP contribution in [-0.2, 0) is 9.59 Å². The highest BCUT2D eigenvalue weighted by atomic mass is 79.9. The van der Waals surface area contributed by atoms with Gasteiger partial charge in [0.15, 0.2) is 0 Å². The van der Waals surface area contributed by atoms with Crippen molar-refractivity contribution in [3.63, 3.8) is 0 Å². The maximum atomic E-state index is 13.2. The number of carbonyl (C=O) groups excluding carboxylic acids is 2. The van der Waals surface area contributed by atoms with Crippen LogP contribution in [0.15, 0.2) is 71.0 Å². The maximum absolute atomic E-state index is 13.2. The first-order valence-corrected chi connectivity index (χ1v) is 10.9. The average molecular weight is 534 g/mol. The minimum absolute atomic E-state index is 0.103. The second-order valence-electron chi connectivity index (χ2n) is 6.90. The van der Waals surface area contributed by atoms with Crippen molar-refractivity contribution in [3.8, 4) is 5.75 Å². The van der Waals surface area contributed by atoms with Crippen molar-refractivity contribution in [2.24, 2.45) is 0 Å². The molecule has 2 aromatic carbocycles. The molecule has 1 unspecified atom stereocenters. The third-order valence-electron chi connectivity index (χ3n) is 5.00. The number of nitrogens with zero attached hydrogens (tertiary/aromatic N) is 2. The summed E-state index contributed by atoms with van der Waals surface area (Å²) in [6.07, 6.45) is 3.12. The second-order valence-corrected chi connectivity index (χ2v) is 8.66. The van der Waals surface area contributed by atoms with Crippen LogP contribution in [0.4, 0.5) is 5.69 Å². The van der Waals surface area contributed by atoms with Gasteiger partial charge in [-0.15, -0.1) is 0 Å². The molecule has 32 heavy (non-hydrogen) atoms. The van der Waals surface area contributed by atoms with Gasteiger partial charge in [-0.2, -0.15) is 0 Å². The minimum atomic E-state index is -0.930. The number of carbonyl (C=O) groups is 2. The van der Waals surface area contributed by atoms with Crippen LogP contribution < -0.4 is 9.64 Å². The zero-order valence-corrected chi connectivity index (χ0v) is 19.6. The quantitative estimate of drug-likeness (QED) is 0.261. The Kier molecular flexibility index (Phi) is 6.24. The highest BCUT2D eigenvalue weighted by molar-refractivity contribution is 9.10. The van der Waals surface area contributed by atoms with E-state index in [0.29, 0.717) is 11.3 Å². The first kappa shape index (κ1) is 22.3. The number of rotatable bonds is 4. The zero-order chi connectivity index (χ0) is 23.0. The SMILES string of the molecule is COc1c(Cl)cc(Cl)cc1/C(O)=C1\C(=O)C(=O)N(c2cccc(Br)c2)C1c1cccnc1. The lowest BCUT2D eigenvalue weighted by atomic mass is 9.95. The molecule has 1 amide bonds. The van der Waals surface area contributed by atoms with Gasteiger partial charge in [0.2, 0.25) is 0 Å². The van der Waals surface area contributed by atoms with Crippen molar-refractivity contribution in [2.45, 2.75) is 6.04 Å². The van der Waals surface area contributed by atoms with Crippen LogP contribution in [0.1, 0.15) is 17.2 Å². The van der Waals surface area contributed by atoms with E-state index in [4.69, 9.17) is 27.9 Å². The summed E-state index contributed by atoms with van der Waals surface area (Å²) >= 11 is 15.8. The molecule has 1 aliphatic heterocycles. The van der Waals surface area contributed by atoms with E-state index in [0.717, 1.165) is 4.47 Å². The number of methoxy groups -OCH3 is 1. The predicted molar refractivity (Wildman–Crippen MR) is 126 cm³/mol. The van der Waals surface area contributed by atoms with Gasteiger partial charge in [-0.25, -0.2) is 0 Å². The number of aliphatic hydroxyl groups is 1. The van der Waals surface area contributed by atoms with Crippen molar-refractivity contribution in [1.29, 1.82) is 0 Å². The fourth-order valence-electron chi connectivity index (χ4n) is 3.67. The van der Waals surface area contributed by atoms with Crippen LogP contribution in [0, 0.1) is 0 Å². The number of ketones is 1. The minimum Gasteiger partial charge on any atom is -0.507 e. The molecule has 0 spiro atoms. The highest BCUT2D eigenvalue weighted by Crippen LogP contribution is 2.45. The van der Waals surface area contributed by atoms with Crippen molar-refractivity contribution >= 4 is 62.3 Å². The van der Waals surface area contributed by atoms with Crippen molar-refractivity contribution < 1.29 is 19.4 Å². The van der Waals surface area contributed by atoms with Gasteiger partial charge in [0, 0.05) is 27.6 Å². The topological polar surface area (TPSA) is 79.7 Å². The molecule has 9 heteroatoms. The molecule has 0 saturated carbocycles. The van der Waals surface area contributed by atoms with E-state index in [1.165, 1.54) is 30.3 Å². The molecule has 2 heterocycles. The number of anilines is 1. The Bertz CT molecular complexity index is 1260. The lowest BCUT2D eigenvalue weighted by Gasteiger charge is -2.25. The van der Waals surface area contributed by atoms with Crippen LogP contribution in [0.2, 0.25) is 10.0 Å². The molecule has 1 atom stereocenters. The molecular weight excluding hydrogens is 519 g/mol. The van der Waals surface area contributed by atoms with Gasteiger partial charge < -0.3 is 9.84 Å². The van der Waals surface area contributed by atoms with E-state index in [1.807, 2.05) is 0 Å². The smallest absolute Gasteiger partial charge is 0.300 e. The normalized spacial score (nSPS) is 17.6. The summed E-state index contributed by atoms with van der Waals surface area (Å²) in [6.45, 7) is 0. The van der Waals surface area contributed by atoms with Crippen LogP contribution in [0.25, 0.3) is 5.76 Å². The molecule has 3 aromatic rings. The van der Waals surface area contributed by atoms with Gasteiger partial charge >= 0.3 is 0 Å². The molecule has 162 valence electrons. The number of aromatic nitrogens is 1. The van der Waals surface area contributed by atoms with Crippen molar-refractivity contribution in [3.05, 3.63) is 92.1 Å². The van der Waals surface area contributed by atoms with Gasteiger partial charge in [-0.05, 0) is 42.0 Å². The molecule has 6 nitrogen and oxygen atoms in total. The van der Waals surface area contributed by atoms with Crippen molar-refractivity contribution in [1.82, 2.24) is 4.98 Å². The number of Topliss-reactive ketones (excluding diaryl/α,β-unsaturated/α-hetero) is 1. The van der Waals surface area contributed by atoms with E-state index >= 15 is 0 Å². The van der Waals surface area contributed by atoms with E-state index in [2.05, 4.69) is 20.9 Å². The summed E-state index contributed by atoms with van der Waals surface area (Å²) in [5.74, 6) is -1.96. The maximum Gasteiger partial charge on any atom is 0.300 e. The molecular formula is C23H15BrCl2N2O4. The molecule has 0 aliphatic carbocycles. The van der Waals surface area contributed by atoms with Gasteiger partial charge in [0.05, 0.1) is 29.3 Å². The van der Waals surface area contributed by atoms with Gasteiger partial charge in [-0.3, -0.25) is 19.5 Å². The lowest BCUT2D eigenvalue weighted by Crippen LogP contribution is -2.29. The Morgan fingerprint density at radius 1 is 1.16 bits per heavy atom. The Hall–Kier alpha value is -2.87. The monoisotopic (exact) mass is 532 g/mol. The number of ether oxygens (including phenoxy) is 1. The number of pyridine rings is 1. The number of halogens is 3. The summed E-state index contributed by atoms with van der Waals surface area (Å²) in [4.78, 5) is 31.8. The van der Waals surface area contributed by atoms with Crippen LogP contribution in [0.5, 0.6) is 5.75 Å². The third kappa shape index (κ3) is 3.88. The summed E-state index contributed by atoms with van der Waals surface area (Å²) in [7, 11) is 1.38. The van der Waals surface area contributed by atoms with Crippen LogP contribution in [-0.4, -0.2) is 28.9 Å². The summed E-state index contributed by atoms with van der Waals surface area (Å²) in [5, 5.41) is 11.7. The predicted octanol–water partition coefficient (Wildman–Crippen LogP) is 5.79. The van der Waals surface area contributed by atoms with Gasteiger partial charge in [0.25, 0.3) is 11.7 Å². The molecule has 1 saturated heterocycles. The van der Waals surface area contributed by atoms with Crippen LogP contribution >= 0.6 is 39.1 Å². The van der Waals surface area contributed by atoms with E-state index in [9.17, 15) is 14.7 Å². The molecule has 0 bridgehead atoms. The number of hydrogen-bond donors (Lipinski definition) is 1. The summed E-state index contributed by atoms with van der Waals surface area (Å²) < 4.78 is 6.06. The Labute approximate surface area is 202 Å².